The van der Waals surface area contributed by atoms with Crippen molar-refractivity contribution in [3.05, 3.63) is 22.8 Å². The zero-order valence-corrected chi connectivity index (χ0v) is 12.8. The molecule has 3 atom stereocenters. The highest BCUT2D eigenvalue weighted by Crippen LogP contribution is 2.44. The average Bonchev–Trinajstić information content (AvgIpc) is 2.56. The number of hydrogen-bond acceptors (Lipinski definition) is 5. The van der Waals surface area contributed by atoms with Crippen LogP contribution < -0.4 is 5.32 Å². The molecule has 0 saturated carbocycles. The van der Waals surface area contributed by atoms with E-state index in [-0.39, 0.29) is 17.1 Å². The highest BCUT2D eigenvalue weighted by Gasteiger charge is 2.50. The van der Waals surface area contributed by atoms with Crippen LogP contribution in [0.5, 0.6) is 0 Å². The number of rotatable bonds is 2. The van der Waals surface area contributed by atoms with Crippen LogP contribution in [-0.4, -0.2) is 37.6 Å². The van der Waals surface area contributed by atoms with Crippen molar-refractivity contribution in [1.29, 1.82) is 0 Å². The summed E-state index contributed by atoms with van der Waals surface area (Å²) in [5.41, 5.74) is 0.137. The third-order valence-electron chi connectivity index (χ3n) is 4.20. The molecular formula is C15H19NO5. The van der Waals surface area contributed by atoms with Gasteiger partial charge in [0.1, 0.15) is 0 Å². The molecule has 6 heteroatoms. The zero-order chi connectivity index (χ0) is 15.9. The summed E-state index contributed by atoms with van der Waals surface area (Å²) in [4.78, 5) is 36.7. The molecule has 114 valence electrons. The number of hydrogen-bond donors (Lipinski definition) is 1. The van der Waals surface area contributed by atoms with E-state index in [0.29, 0.717) is 0 Å². The Labute approximate surface area is 123 Å². The predicted molar refractivity (Wildman–Crippen MR) is 74.0 cm³/mol. The van der Waals surface area contributed by atoms with Crippen LogP contribution in [0.4, 0.5) is 0 Å². The van der Waals surface area contributed by atoms with Gasteiger partial charge in [-0.2, -0.15) is 0 Å². The van der Waals surface area contributed by atoms with E-state index in [1.165, 1.54) is 14.2 Å². The second-order valence-electron chi connectivity index (χ2n) is 5.62. The molecular weight excluding hydrogens is 274 g/mol. The fourth-order valence-corrected chi connectivity index (χ4v) is 3.31. The van der Waals surface area contributed by atoms with E-state index >= 15 is 0 Å². The Morgan fingerprint density at radius 2 is 1.81 bits per heavy atom. The molecule has 6 nitrogen and oxygen atoms in total. The number of nitrogens with one attached hydrogen (secondary N) is 1. The van der Waals surface area contributed by atoms with Crippen LogP contribution in [0.15, 0.2) is 22.8 Å². The lowest BCUT2D eigenvalue weighted by molar-refractivity contribution is -0.140. The first-order valence-electron chi connectivity index (χ1n) is 6.69. The van der Waals surface area contributed by atoms with E-state index < -0.39 is 29.3 Å². The molecule has 2 aliphatic heterocycles. The summed E-state index contributed by atoms with van der Waals surface area (Å²) in [5, 5.41) is 2.82. The summed E-state index contributed by atoms with van der Waals surface area (Å²) in [7, 11) is 2.50. The summed E-state index contributed by atoms with van der Waals surface area (Å²) >= 11 is 0. The molecule has 21 heavy (non-hydrogen) atoms. The molecule has 1 N–H and O–H groups in total. The van der Waals surface area contributed by atoms with E-state index in [0.717, 1.165) is 5.57 Å². The molecule has 3 unspecified atom stereocenters. The van der Waals surface area contributed by atoms with Gasteiger partial charge in [-0.25, -0.2) is 9.59 Å². The number of carbonyl (C=O) groups is 3. The maximum atomic E-state index is 12.3. The maximum absolute atomic E-state index is 12.3. The Balaban J connectivity index is 2.77. The molecule has 0 radical (unpaired) electrons. The Morgan fingerprint density at radius 3 is 2.33 bits per heavy atom. The number of fused-ring (bicyclic) bond motifs is 2. The van der Waals surface area contributed by atoms with E-state index in [2.05, 4.69) is 5.32 Å². The van der Waals surface area contributed by atoms with Gasteiger partial charge in [-0.05, 0) is 13.8 Å². The van der Waals surface area contributed by atoms with E-state index in [1.807, 2.05) is 6.92 Å². The number of ether oxygens (including phenoxy) is 2. The number of methoxy groups -OCH3 is 2. The van der Waals surface area contributed by atoms with Crippen molar-refractivity contribution < 1.29 is 23.9 Å². The van der Waals surface area contributed by atoms with E-state index in [4.69, 9.17) is 9.47 Å². The SMILES string of the molecule is COC(=O)C1=C(C(=O)OC)C2(C)C=C(C)C1C(C)C(=O)N2. The minimum atomic E-state index is -1.07. The number of esters is 2. The first-order chi connectivity index (χ1) is 9.76. The summed E-state index contributed by atoms with van der Waals surface area (Å²) < 4.78 is 9.64. The molecule has 0 fully saturated rings. The van der Waals surface area contributed by atoms with Gasteiger partial charge in [-0.15, -0.1) is 0 Å². The Hall–Kier alpha value is -2.11. The largest absolute Gasteiger partial charge is 0.466 e. The van der Waals surface area contributed by atoms with Gasteiger partial charge in [0.25, 0.3) is 0 Å². The molecule has 0 saturated heterocycles. The molecule has 3 rings (SSSR count). The van der Waals surface area contributed by atoms with Crippen LogP contribution in [0.3, 0.4) is 0 Å². The van der Waals surface area contributed by atoms with Crippen molar-refractivity contribution in [2.45, 2.75) is 26.3 Å². The lowest BCUT2D eigenvalue weighted by Gasteiger charge is -2.33. The van der Waals surface area contributed by atoms with Crippen molar-refractivity contribution in [3.8, 4) is 0 Å². The quantitative estimate of drug-likeness (QED) is 0.599. The summed E-state index contributed by atoms with van der Waals surface area (Å²) in [5.74, 6) is -2.42. The second kappa shape index (κ2) is 5.02. The predicted octanol–water partition coefficient (Wildman–Crippen LogP) is 0.730. The molecule has 1 aliphatic carbocycles. The molecule has 3 aliphatic rings. The lowest BCUT2D eigenvalue weighted by atomic mass is 9.72. The first-order valence-corrected chi connectivity index (χ1v) is 6.69. The Bertz CT molecular complexity index is 589. The van der Waals surface area contributed by atoms with E-state index in [9.17, 15) is 14.4 Å². The van der Waals surface area contributed by atoms with Crippen molar-refractivity contribution >= 4 is 17.8 Å². The van der Waals surface area contributed by atoms with Crippen molar-refractivity contribution in [2.75, 3.05) is 14.2 Å². The van der Waals surface area contributed by atoms with Crippen molar-refractivity contribution in [3.63, 3.8) is 0 Å². The summed E-state index contributed by atoms with van der Waals surface area (Å²) in [6.45, 7) is 5.25. The second-order valence-corrected chi connectivity index (χ2v) is 5.62. The Morgan fingerprint density at radius 1 is 1.24 bits per heavy atom. The van der Waals surface area contributed by atoms with Crippen LogP contribution >= 0.6 is 0 Å². The van der Waals surface area contributed by atoms with Gasteiger partial charge in [-0.3, -0.25) is 4.79 Å². The molecule has 2 bridgehead atoms. The smallest absolute Gasteiger partial charge is 0.337 e. The van der Waals surface area contributed by atoms with Gasteiger partial charge in [0.15, 0.2) is 0 Å². The highest BCUT2D eigenvalue weighted by atomic mass is 16.5. The van der Waals surface area contributed by atoms with Crippen LogP contribution in [0, 0.1) is 11.8 Å². The van der Waals surface area contributed by atoms with E-state index in [1.54, 1.807) is 19.9 Å². The summed E-state index contributed by atoms with van der Waals surface area (Å²) in [6.07, 6.45) is 1.80. The lowest BCUT2D eigenvalue weighted by Crippen LogP contribution is -2.48. The van der Waals surface area contributed by atoms with Gasteiger partial charge < -0.3 is 14.8 Å². The van der Waals surface area contributed by atoms with Crippen LogP contribution in [0.2, 0.25) is 0 Å². The van der Waals surface area contributed by atoms with Gasteiger partial charge >= 0.3 is 11.9 Å². The third kappa shape index (κ3) is 2.14. The molecule has 0 aromatic carbocycles. The summed E-state index contributed by atoms with van der Waals surface area (Å²) in [6, 6.07) is 0. The molecule has 2 heterocycles. The van der Waals surface area contributed by atoms with Crippen LogP contribution in [0.1, 0.15) is 20.8 Å². The first kappa shape index (κ1) is 15.3. The number of allylic oxidation sites excluding steroid dienone is 1. The zero-order valence-electron chi connectivity index (χ0n) is 12.8. The van der Waals surface area contributed by atoms with Crippen LogP contribution in [-0.2, 0) is 23.9 Å². The number of carbonyl (C=O) groups excluding carboxylic acids is 3. The minimum absolute atomic E-state index is 0.144. The maximum Gasteiger partial charge on any atom is 0.337 e. The van der Waals surface area contributed by atoms with Crippen molar-refractivity contribution in [2.24, 2.45) is 11.8 Å². The minimum Gasteiger partial charge on any atom is -0.466 e. The van der Waals surface area contributed by atoms with Gasteiger partial charge in [-0.1, -0.05) is 18.6 Å². The Kier molecular flexibility index (Phi) is 3.65. The van der Waals surface area contributed by atoms with Gasteiger partial charge in [0, 0.05) is 11.8 Å². The fourth-order valence-electron chi connectivity index (χ4n) is 3.31. The number of amides is 1. The highest BCUT2D eigenvalue weighted by molar-refractivity contribution is 6.06. The molecule has 0 aromatic rings. The molecule has 0 aromatic heterocycles. The van der Waals surface area contributed by atoms with Crippen LogP contribution in [0.25, 0.3) is 0 Å². The standard InChI is InChI=1S/C15H19NO5/c1-7-6-15(3)11(14(19)21-5)10(13(18)20-4)9(7)8(2)12(17)16-15/h6,8-9H,1-5H3,(H,16,17). The monoisotopic (exact) mass is 293 g/mol. The van der Waals surface area contributed by atoms with Gasteiger partial charge in [0.2, 0.25) is 5.91 Å². The molecule has 1 amide bonds. The van der Waals surface area contributed by atoms with Crippen molar-refractivity contribution in [1.82, 2.24) is 5.32 Å². The topological polar surface area (TPSA) is 81.7 Å². The normalized spacial score (nSPS) is 31.3. The average molecular weight is 293 g/mol. The fraction of sp³-hybridized carbons (Fsp3) is 0.533. The molecule has 0 spiro atoms. The third-order valence-corrected chi connectivity index (χ3v) is 4.20. The van der Waals surface area contributed by atoms with Gasteiger partial charge in [0.05, 0.1) is 30.9 Å².